The highest BCUT2D eigenvalue weighted by Crippen LogP contribution is 2.29. The minimum Gasteiger partial charge on any atom is -0.458 e. The third-order valence-electron chi connectivity index (χ3n) is 7.25. The number of ether oxygens (including phenoxy) is 2. The van der Waals surface area contributed by atoms with Crippen molar-refractivity contribution in [2.75, 3.05) is 18.6 Å². The number of nitrogens with one attached hydrogen (secondary N) is 1. The van der Waals surface area contributed by atoms with Gasteiger partial charge in [0, 0.05) is 24.5 Å². The zero-order valence-electron chi connectivity index (χ0n) is 26.7. The van der Waals surface area contributed by atoms with Crippen LogP contribution in [0.15, 0.2) is 85.5 Å². The average Bonchev–Trinajstić information content (AvgIpc) is 3.54. The Morgan fingerprint density at radius 3 is 2.26 bits per heavy atom. The summed E-state index contributed by atoms with van der Waals surface area (Å²) in [6, 6.07) is 17.1. The SMILES string of the molecule is CSCC[C@H](NC(=O)c1ccc(C(OCCn2ccnc2)c2ccc(F)cc2)cc1CCc1ccc(F)cc1)C(=O)OC(C)(C)C. The van der Waals surface area contributed by atoms with Crippen LogP contribution < -0.4 is 5.32 Å². The number of esters is 1. The maximum absolute atomic E-state index is 13.9. The van der Waals surface area contributed by atoms with E-state index in [-0.39, 0.29) is 11.6 Å². The van der Waals surface area contributed by atoms with E-state index in [2.05, 4.69) is 10.3 Å². The summed E-state index contributed by atoms with van der Waals surface area (Å²) in [6.45, 7) is 6.30. The summed E-state index contributed by atoms with van der Waals surface area (Å²) >= 11 is 1.58. The Balaban J connectivity index is 1.66. The normalized spacial score (nSPS) is 12.8. The highest BCUT2D eigenvalue weighted by atomic mass is 32.2. The van der Waals surface area contributed by atoms with Crippen molar-refractivity contribution in [2.24, 2.45) is 0 Å². The van der Waals surface area contributed by atoms with Crippen molar-refractivity contribution >= 4 is 23.6 Å². The number of benzene rings is 3. The van der Waals surface area contributed by atoms with Crippen LogP contribution in [0.3, 0.4) is 0 Å². The van der Waals surface area contributed by atoms with Gasteiger partial charge < -0.3 is 19.4 Å². The zero-order chi connectivity index (χ0) is 33.1. The fourth-order valence-electron chi connectivity index (χ4n) is 4.95. The summed E-state index contributed by atoms with van der Waals surface area (Å²) in [7, 11) is 0. The van der Waals surface area contributed by atoms with Crippen LogP contribution >= 0.6 is 11.8 Å². The average molecular weight is 650 g/mol. The number of thioether (sulfide) groups is 1. The number of rotatable bonds is 15. The van der Waals surface area contributed by atoms with Gasteiger partial charge in [-0.1, -0.05) is 36.4 Å². The number of amides is 1. The fraction of sp³-hybridized carbons (Fsp3) is 0.361. The predicted molar refractivity (Wildman–Crippen MR) is 177 cm³/mol. The van der Waals surface area contributed by atoms with Crippen LogP contribution in [0.25, 0.3) is 0 Å². The van der Waals surface area contributed by atoms with E-state index >= 15 is 0 Å². The largest absolute Gasteiger partial charge is 0.458 e. The van der Waals surface area contributed by atoms with Crippen molar-refractivity contribution < 1.29 is 27.8 Å². The molecule has 244 valence electrons. The molecule has 4 aromatic rings. The molecule has 0 saturated carbocycles. The summed E-state index contributed by atoms with van der Waals surface area (Å²) in [5.41, 5.74) is 2.91. The lowest BCUT2D eigenvalue weighted by Crippen LogP contribution is -2.44. The Labute approximate surface area is 273 Å². The van der Waals surface area contributed by atoms with Crippen molar-refractivity contribution in [3.63, 3.8) is 0 Å². The molecule has 4 rings (SSSR count). The summed E-state index contributed by atoms with van der Waals surface area (Å²) in [5.74, 6) is -0.886. The van der Waals surface area contributed by atoms with Gasteiger partial charge in [-0.25, -0.2) is 18.6 Å². The molecule has 7 nitrogen and oxygen atoms in total. The van der Waals surface area contributed by atoms with E-state index in [9.17, 15) is 18.4 Å². The molecule has 10 heteroatoms. The van der Waals surface area contributed by atoms with Crippen LogP contribution in [0.2, 0.25) is 0 Å². The number of carbonyl (C=O) groups is 2. The van der Waals surface area contributed by atoms with Crippen molar-refractivity contribution in [1.82, 2.24) is 14.9 Å². The number of nitrogens with zero attached hydrogens (tertiary/aromatic N) is 2. The van der Waals surface area contributed by atoms with E-state index in [1.807, 2.05) is 29.2 Å². The number of aryl methyl sites for hydroxylation is 2. The maximum Gasteiger partial charge on any atom is 0.329 e. The second kappa shape index (κ2) is 16.5. The van der Waals surface area contributed by atoms with Gasteiger partial charge >= 0.3 is 5.97 Å². The molecule has 2 atom stereocenters. The summed E-state index contributed by atoms with van der Waals surface area (Å²) in [4.78, 5) is 30.9. The number of halogens is 2. The van der Waals surface area contributed by atoms with Crippen molar-refractivity contribution in [3.8, 4) is 0 Å². The molecule has 0 aliphatic carbocycles. The molecular weight excluding hydrogens is 608 g/mol. The molecule has 1 unspecified atom stereocenters. The maximum atomic E-state index is 13.9. The van der Waals surface area contributed by atoms with Crippen LogP contribution in [-0.2, 0) is 33.7 Å². The van der Waals surface area contributed by atoms with E-state index < -0.39 is 29.6 Å². The molecule has 1 amide bonds. The van der Waals surface area contributed by atoms with Gasteiger partial charge in [0.1, 0.15) is 29.4 Å². The second-order valence-corrected chi connectivity index (χ2v) is 13.0. The smallest absolute Gasteiger partial charge is 0.329 e. The molecule has 46 heavy (non-hydrogen) atoms. The third kappa shape index (κ3) is 10.5. The van der Waals surface area contributed by atoms with Gasteiger partial charge in [-0.05, 0) is 105 Å². The molecule has 1 N–H and O–H groups in total. The van der Waals surface area contributed by atoms with E-state index in [0.717, 1.165) is 22.3 Å². The molecule has 1 heterocycles. The van der Waals surface area contributed by atoms with Gasteiger partial charge in [0.25, 0.3) is 5.91 Å². The van der Waals surface area contributed by atoms with Crippen LogP contribution in [-0.4, -0.2) is 51.7 Å². The first kappa shape index (κ1) is 34.8. The Morgan fingerprint density at radius 1 is 0.957 bits per heavy atom. The van der Waals surface area contributed by atoms with Gasteiger partial charge in [0.15, 0.2) is 0 Å². The minimum absolute atomic E-state index is 0.320. The van der Waals surface area contributed by atoms with Gasteiger partial charge in [0.05, 0.1) is 12.9 Å². The van der Waals surface area contributed by atoms with Crippen molar-refractivity contribution in [2.45, 2.75) is 64.3 Å². The number of hydrogen-bond acceptors (Lipinski definition) is 6. The van der Waals surface area contributed by atoms with E-state index in [0.29, 0.717) is 43.7 Å². The predicted octanol–water partition coefficient (Wildman–Crippen LogP) is 6.95. The first-order valence-corrected chi connectivity index (χ1v) is 16.6. The highest BCUT2D eigenvalue weighted by Gasteiger charge is 2.28. The third-order valence-corrected chi connectivity index (χ3v) is 7.89. The number of carbonyl (C=O) groups excluding carboxylic acids is 2. The molecule has 0 spiro atoms. The number of hydrogen-bond donors (Lipinski definition) is 1. The topological polar surface area (TPSA) is 82.5 Å². The fourth-order valence-corrected chi connectivity index (χ4v) is 5.42. The van der Waals surface area contributed by atoms with Crippen molar-refractivity contribution in [1.29, 1.82) is 0 Å². The van der Waals surface area contributed by atoms with Crippen LogP contribution in [0.4, 0.5) is 8.78 Å². The lowest BCUT2D eigenvalue weighted by molar-refractivity contribution is -0.157. The van der Waals surface area contributed by atoms with E-state index in [1.54, 1.807) is 75.4 Å². The zero-order valence-corrected chi connectivity index (χ0v) is 27.5. The highest BCUT2D eigenvalue weighted by molar-refractivity contribution is 7.98. The quantitative estimate of drug-likeness (QED) is 0.141. The summed E-state index contributed by atoms with van der Waals surface area (Å²) in [6.07, 6.45) is 8.09. The molecule has 0 aliphatic heterocycles. The standard InChI is InChI=1S/C36H41F2N3O4S/c1-36(2,3)45-35(43)32(17-22-46-4)40-34(42)31-16-11-28(23-27(31)8-5-25-6-12-29(37)13-7-25)33(26-9-14-30(38)15-10-26)44-21-20-41-19-18-39-24-41/h6-7,9-16,18-19,23-24,32-33H,5,8,17,20-22H2,1-4H3,(H,40,42)/t32-,33?/m0/s1. The van der Waals surface area contributed by atoms with Crippen molar-refractivity contribution in [3.05, 3.63) is 125 Å². The van der Waals surface area contributed by atoms with Gasteiger partial charge in [-0.15, -0.1) is 0 Å². The summed E-state index contributed by atoms with van der Waals surface area (Å²) in [5, 5.41) is 2.92. The molecule has 0 radical (unpaired) electrons. The monoisotopic (exact) mass is 649 g/mol. The van der Waals surface area contributed by atoms with E-state index in [1.165, 1.54) is 24.3 Å². The lowest BCUT2D eigenvalue weighted by Gasteiger charge is -2.25. The molecule has 0 fully saturated rings. The molecule has 1 aromatic heterocycles. The van der Waals surface area contributed by atoms with Gasteiger partial charge in [-0.2, -0.15) is 11.8 Å². The Bertz CT molecular complexity index is 1560. The van der Waals surface area contributed by atoms with Crippen LogP contribution in [0.5, 0.6) is 0 Å². The first-order valence-electron chi connectivity index (χ1n) is 15.2. The van der Waals surface area contributed by atoms with Gasteiger partial charge in [0.2, 0.25) is 0 Å². The lowest BCUT2D eigenvalue weighted by atomic mass is 9.93. The Morgan fingerprint density at radius 2 is 1.63 bits per heavy atom. The number of imidazole rings is 1. The molecule has 0 aliphatic rings. The molecular formula is C36H41F2N3O4S. The minimum atomic E-state index is -0.817. The molecule has 0 bridgehead atoms. The first-order chi connectivity index (χ1) is 22.0. The van der Waals surface area contributed by atoms with E-state index in [4.69, 9.17) is 9.47 Å². The number of aromatic nitrogens is 2. The van der Waals surface area contributed by atoms with Crippen LogP contribution in [0, 0.1) is 11.6 Å². The molecule has 3 aromatic carbocycles. The Kier molecular flexibility index (Phi) is 12.5. The molecule has 0 saturated heterocycles. The summed E-state index contributed by atoms with van der Waals surface area (Å²) < 4.78 is 41.3. The van der Waals surface area contributed by atoms with Crippen LogP contribution in [0.1, 0.15) is 65.9 Å². The Hall–Kier alpha value is -4.02. The van der Waals surface area contributed by atoms with Gasteiger partial charge in [-0.3, -0.25) is 4.79 Å². The second-order valence-electron chi connectivity index (χ2n) is 12.0.